The number of nitrogens with one attached hydrogen (secondary N) is 2. The zero-order valence-electron chi connectivity index (χ0n) is 15.0. The molecule has 2 aromatic carbocycles. The standard InChI is InChI=1S/C20H20F3N3OS/c21-20(22,23)19(27,8-14-11-28-10-13-4-1-2-5-15(13)14)12-24-17-6-3-7-18-16(17)9-25-26-18/h1-7,9,14,24,27H,8,10-12H2,(H,25,26). The molecule has 0 saturated heterocycles. The van der Waals surface area contributed by atoms with Gasteiger partial charge in [0.05, 0.1) is 18.3 Å². The van der Waals surface area contributed by atoms with Crippen molar-refractivity contribution < 1.29 is 18.3 Å². The molecule has 2 heterocycles. The summed E-state index contributed by atoms with van der Waals surface area (Å²) < 4.78 is 41.6. The molecule has 0 spiro atoms. The lowest BCUT2D eigenvalue weighted by atomic mass is 9.84. The number of aromatic amines is 1. The summed E-state index contributed by atoms with van der Waals surface area (Å²) in [5.74, 6) is 0.998. The van der Waals surface area contributed by atoms with Crippen LogP contribution in [-0.2, 0) is 5.75 Å². The lowest BCUT2D eigenvalue weighted by molar-refractivity contribution is -0.257. The smallest absolute Gasteiger partial charge is 0.381 e. The first-order chi connectivity index (χ1) is 13.4. The molecule has 1 aliphatic rings. The van der Waals surface area contributed by atoms with Gasteiger partial charge in [-0.1, -0.05) is 30.3 Å². The molecule has 3 N–H and O–H groups in total. The molecule has 148 valence electrons. The quantitative estimate of drug-likeness (QED) is 0.574. The number of alkyl halides is 3. The van der Waals surface area contributed by atoms with E-state index in [-0.39, 0.29) is 12.3 Å². The van der Waals surface area contributed by atoms with Gasteiger partial charge in [-0.15, -0.1) is 0 Å². The van der Waals surface area contributed by atoms with E-state index in [1.165, 1.54) is 0 Å². The molecule has 0 bridgehead atoms. The molecule has 0 amide bonds. The number of benzene rings is 2. The van der Waals surface area contributed by atoms with Crippen molar-refractivity contribution in [3.8, 4) is 0 Å². The second kappa shape index (κ2) is 7.33. The van der Waals surface area contributed by atoms with Gasteiger partial charge in [0.2, 0.25) is 0 Å². The maximum absolute atomic E-state index is 13.9. The average molecular weight is 407 g/mol. The molecule has 2 unspecified atom stereocenters. The normalized spacial score (nSPS) is 19.2. The van der Waals surface area contributed by atoms with Crippen molar-refractivity contribution in [1.82, 2.24) is 10.2 Å². The van der Waals surface area contributed by atoms with Crippen molar-refractivity contribution in [1.29, 1.82) is 0 Å². The number of anilines is 1. The summed E-state index contributed by atoms with van der Waals surface area (Å²) >= 11 is 1.60. The van der Waals surface area contributed by atoms with Crippen LogP contribution in [0.2, 0.25) is 0 Å². The number of rotatable bonds is 5. The van der Waals surface area contributed by atoms with Gasteiger partial charge >= 0.3 is 6.18 Å². The Balaban J connectivity index is 1.58. The van der Waals surface area contributed by atoms with Gasteiger partial charge in [0.1, 0.15) is 0 Å². The summed E-state index contributed by atoms with van der Waals surface area (Å²) in [6.07, 6.45) is -3.57. The van der Waals surface area contributed by atoms with Crippen LogP contribution in [0.25, 0.3) is 10.9 Å². The lowest BCUT2D eigenvalue weighted by Gasteiger charge is -2.36. The number of thioether (sulfide) groups is 1. The predicted octanol–water partition coefficient (Wildman–Crippen LogP) is 4.69. The number of aliphatic hydroxyl groups is 1. The van der Waals surface area contributed by atoms with E-state index in [1.807, 2.05) is 24.3 Å². The number of nitrogens with zero attached hydrogens (tertiary/aromatic N) is 1. The van der Waals surface area contributed by atoms with Crippen molar-refractivity contribution in [2.24, 2.45) is 0 Å². The van der Waals surface area contributed by atoms with Gasteiger partial charge < -0.3 is 10.4 Å². The second-order valence-electron chi connectivity index (χ2n) is 7.13. The largest absolute Gasteiger partial charge is 0.418 e. The first kappa shape index (κ1) is 19.1. The van der Waals surface area contributed by atoms with Crippen LogP contribution in [0.1, 0.15) is 23.5 Å². The highest BCUT2D eigenvalue weighted by molar-refractivity contribution is 7.98. The molecule has 1 aromatic heterocycles. The van der Waals surface area contributed by atoms with E-state index < -0.39 is 18.3 Å². The summed E-state index contributed by atoms with van der Waals surface area (Å²) in [6, 6.07) is 12.7. The van der Waals surface area contributed by atoms with Crippen molar-refractivity contribution in [2.45, 2.75) is 29.9 Å². The molecular weight excluding hydrogens is 387 g/mol. The maximum Gasteiger partial charge on any atom is 0.418 e. The van der Waals surface area contributed by atoms with Gasteiger partial charge in [-0.3, -0.25) is 5.10 Å². The highest BCUT2D eigenvalue weighted by atomic mass is 32.2. The van der Waals surface area contributed by atoms with Crippen LogP contribution in [0.5, 0.6) is 0 Å². The third kappa shape index (κ3) is 3.58. The number of aromatic nitrogens is 2. The van der Waals surface area contributed by atoms with Gasteiger partial charge in [0.25, 0.3) is 0 Å². The van der Waals surface area contributed by atoms with Crippen LogP contribution >= 0.6 is 11.8 Å². The Morgan fingerprint density at radius 1 is 1.18 bits per heavy atom. The number of hydrogen-bond acceptors (Lipinski definition) is 4. The summed E-state index contributed by atoms with van der Waals surface area (Å²) in [4.78, 5) is 0. The molecule has 28 heavy (non-hydrogen) atoms. The van der Waals surface area contributed by atoms with Crippen LogP contribution in [0.15, 0.2) is 48.7 Å². The Bertz CT molecular complexity index is 974. The molecule has 4 rings (SSSR count). The van der Waals surface area contributed by atoms with E-state index >= 15 is 0 Å². The highest BCUT2D eigenvalue weighted by Gasteiger charge is 2.54. The van der Waals surface area contributed by atoms with Crippen LogP contribution in [0.3, 0.4) is 0 Å². The number of hydrogen-bond donors (Lipinski definition) is 3. The fraction of sp³-hybridized carbons (Fsp3) is 0.350. The summed E-state index contributed by atoms with van der Waals surface area (Å²) in [7, 11) is 0. The third-order valence-electron chi connectivity index (χ3n) is 5.24. The Hall–Kier alpha value is -2.19. The Kier molecular flexibility index (Phi) is 5.01. The van der Waals surface area contributed by atoms with Crippen LogP contribution in [0.4, 0.5) is 18.9 Å². The van der Waals surface area contributed by atoms with Crippen LogP contribution in [0, 0.1) is 0 Å². The maximum atomic E-state index is 13.9. The van der Waals surface area contributed by atoms with Crippen LogP contribution in [-0.4, -0.2) is 39.4 Å². The van der Waals surface area contributed by atoms with E-state index in [0.29, 0.717) is 16.8 Å². The average Bonchev–Trinajstić information content (AvgIpc) is 3.15. The van der Waals surface area contributed by atoms with E-state index in [0.717, 1.165) is 22.4 Å². The lowest BCUT2D eigenvalue weighted by Crippen LogP contribution is -2.52. The monoisotopic (exact) mass is 407 g/mol. The Morgan fingerprint density at radius 3 is 2.82 bits per heavy atom. The predicted molar refractivity (Wildman–Crippen MR) is 106 cm³/mol. The third-order valence-corrected chi connectivity index (χ3v) is 6.39. The summed E-state index contributed by atoms with van der Waals surface area (Å²) in [5.41, 5.74) is 0.338. The Morgan fingerprint density at radius 2 is 2.00 bits per heavy atom. The minimum absolute atomic E-state index is 0.354. The summed E-state index contributed by atoms with van der Waals surface area (Å²) in [6.45, 7) is -0.621. The fourth-order valence-corrected chi connectivity index (χ4v) is 4.88. The van der Waals surface area contributed by atoms with Crippen molar-refractivity contribution in [2.75, 3.05) is 17.6 Å². The molecule has 1 aliphatic heterocycles. The number of H-pyrrole nitrogens is 1. The SMILES string of the molecule is OC(CNc1cccc2[nH]ncc12)(CC1CSCc2ccccc21)C(F)(F)F. The zero-order valence-corrected chi connectivity index (χ0v) is 15.8. The molecule has 0 radical (unpaired) electrons. The molecule has 2 atom stereocenters. The minimum atomic E-state index is -4.75. The topological polar surface area (TPSA) is 60.9 Å². The van der Waals surface area contributed by atoms with E-state index in [1.54, 1.807) is 36.2 Å². The van der Waals surface area contributed by atoms with E-state index in [4.69, 9.17) is 0 Å². The van der Waals surface area contributed by atoms with Crippen molar-refractivity contribution >= 4 is 28.4 Å². The number of halogens is 3. The van der Waals surface area contributed by atoms with Gasteiger partial charge in [0, 0.05) is 22.6 Å². The molecule has 8 heteroatoms. The van der Waals surface area contributed by atoms with Gasteiger partial charge in [-0.25, -0.2) is 0 Å². The van der Waals surface area contributed by atoms with Crippen molar-refractivity contribution in [3.63, 3.8) is 0 Å². The minimum Gasteiger partial charge on any atom is -0.381 e. The summed E-state index contributed by atoms with van der Waals surface area (Å²) in [5, 5.41) is 20.9. The van der Waals surface area contributed by atoms with E-state index in [9.17, 15) is 18.3 Å². The molecule has 0 saturated carbocycles. The second-order valence-corrected chi connectivity index (χ2v) is 8.16. The van der Waals surface area contributed by atoms with Crippen LogP contribution < -0.4 is 5.32 Å². The van der Waals surface area contributed by atoms with Gasteiger partial charge in [-0.05, 0) is 35.6 Å². The number of fused-ring (bicyclic) bond motifs is 2. The highest BCUT2D eigenvalue weighted by Crippen LogP contribution is 2.43. The molecule has 0 aliphatic carbocycles. The Labute approximate surface area is 164 Å². The first-order valence-corrected chi connectivity index (χ1v) is 10.1. The van der Waals surface area contributed by atoms with E-state index in [2.05, 4.69) is 15.5 Å². The molecule has 0 fully saturated rings. The fourth-order valence-electron chi connectivity index (χ4n) is 3.69. The molecule has 4 nitrogen and oxygen atoms in total. The molecular formula is C20H20F3N3OS. The van der Waals surface area contributed by atoms with Crippen molar-refractivity contribution in [3.05, 3.63) is 59.8 Å². The zero-order chi connectivity index (χ0) is 19.8. The first-order valence-electron chi connectivity index (χ1n) is 8.98. The van der Waals surface area contributed by atoms with Gasteiger partial charge in [-0.2, -0.15) is 30.0 Å². The van der Waals surface area contributed by atoms with Gasteiger partial charge in [0.15, 0.2) is 5.60 Å². The molecule has 3 aromatic rings.